The van der Waals surface area contributed by atoms with Gasteiger partial charge in [-0.1, -0.05) is 12.1 Å². The Kier molecular flexibility index (Phi) is 5.72. The van der Waals surface area contributed by atoms with Crippen LogP contribution in [-0.4, -0.2) is 23.2 Å². The number of carbonyl (C=O) groups excluding carboxylic acids is 1. The average molecular weight is 416 g/mol. The van der Waals surface area contributed by atoms with Crippen LogP contribution in [0.4, 0.5) is 13.2 Å². The number of hydrazone groups is 1. The van der Waals surface area contributed by atoms with Gasteiger partial charge in [0.15, 0.2) is 0 Å². The molecule has 0 spiro atoms. The quantitative estimate of drug-likeness (QED) is 0.464. The van der Waals surface area contributed by atoms with E-state index in [9.17, 15) is 22.8 Å². The van der Waals surface area contributed by atoms with Gasteiger partial charge in [0.1, 0.15) is 11.5 Å². The molecular weight excluding hydrogens is 401 g/mol. The molecule has 9 heteroatoms. The van der Waals surface area contributed by atoms with Crippen LogP contribution >= 0.6 is 0 Å². The van der Waals surface area contributed by atoms with Gasteiger partial charge in [0.25, 0.3) is 5.91 Å². The van der Waals surface area contributed by atoms with E-state index in [1.165, 1.54) is 24.4 Å². The fourth-order valence-corrected chi connectivity index (χ4v) is 2.70. The molecule has 0 unspecified atom stereocenters. The van der Waals surface area contributed by atoms with E-state index in [1.54, 1.807) is 25.1 Å². The number of carbonyl (C=O) groups is 2. The minimum atomic E-state index is -4.55. The maximum atomic E-state index is 12.7. The van der Waals surface area contributed by atoms with E-state index in [1.807, 2.05) is 0 Å². The highest BCUT2D eigenvalue weighted by molar-refractivity contribution is 5.95. The van der Waals surface area contributed by atoms with Crippen LogP contribution in [0.2, 0.25) is 0 Å². The minimum absolute atomic E-state index is 0.155. The van der Waals surface area contributed by atoms with Crippen molar-refractivity contribution in [1.82, 2.24) is 5.43 Å². The van der Waals surface area contributed by atoms with E-state index in [2.05, 4.69) is 10.5 Å². The van der Waals surface area contributed by atoms with E-state index < -0.39 is 23.6 Å². The van der Waals surface area contributed by atoms with E-state index in [0.29, 0.717) is 16.9 Å². The summed E-state index contributed by atoms with van der Waals surface area (Å²) < 4.78 is 43.8. The average Bonchev–Trinajstić information content (AvgIpc) is 3.15. The van der Waals surface area contributed by atoms with Gasteiger partial charge in [-0.25, -0.2) is 10.2 Å². The molecule has 1 amide bonds. The summed E-state index contributed by atoms with van der Waals surface area (Å²) in [5.74, 6) is -1.08. The third-order valence-corrected chi connectivity index (χ3v) is 4.18. The highest BCUT2D eigenvalue weighted by atomic mass is 19.4. The standard InChI is InChI=1S/C21H15F3N2O4/c1-12-9-14(20(28)29)5-7-17(12)18-8-6-16(30-18)11-25-26-19(27)13-3-2-4-15(10-13)21(22,23)24/h2-11H,1H3,(H,26,27)(H,28,29)/b25-11-. The second kappa shape index (κ2) is 8.24. The van der Waals surface area contributed by atoms with Gasteiger partial charge in [0.2, 0.25) is 0 Å². The van der Waals surface area contributed by atoms with Gasteiger partial charge in [-0.2, -0.15) is 18.3 Å². The second-order valence-corrected chi connectivity index (χ2v) is 6.31. The van der Waals surface area contributed by atoms with Crippen LogP contribution in [0.3, 0.4) is 0 Å². The van der Waals surface area contributed by atoms with Crippen LogP contribution in [0.1, 0.15) is 37.6 Å². The number of amides is 1. The smallest absolute Gasteiger partial charge is 0.416 e. The SMILES string of the molecule is Cc1cc(C(=O)O)ccc1-c1ccc(/C=N\NC(=O)c2cccc(C(F)(F)F)c2)o1. The molecule has 0 saturated heterocycles. The topological polar surface area (TPSA) is 91.9 Å². The van der Waals surface area contributed by atoms with Gasteiger partial charge in [-0.05, 0) is 55.0 Å². The van der Waals surface area contributed by atoms with E-state index in [4.69, 9.17) is 9.52 Å². The zero-order valence-corrected chi connectivity index (χ0v) is 15.5. The molecule has 154 valence electrons. The number of nitrogens with one attached hydrogen (secondary N) is 1. The third kappa shape index (κ3) is 4.75. The number of carboxylic acids is 1. The molecule has 0 radical (unpaired) electrons. The monoisotopic (exact) mass is 416 g/mol. The Morgan fingerprint density at radius 2 is 1.83 bits per heavy atom. The van der Waals surface area contributed by atoms with Crippen molar-refractivity contribution in [2.45, 2.75) is 13.1 Å². The van der Waals surface area contributed by atoms with Crippen molar-refractivity contribution in [2.24, 2.45) is 5.10 Å². The molecule has 0 bridgehead atoms. The lowest BCUT2D eigenvalue weighted by Gasteiger charge is -2.07. The Bertz CT molecular complexity index is 1130. The summed E-state index contributed by atoms with van der Waals surface area (Å²) >= 11 is 0. The Labute approximate surface area is 168 Å². The summed E-state index contributed by atoms with van der Waals surface area (Å²) in [6.45, 7) is 1.74. The van der Waals surface area contributed by atoms with Crippen LogP contribution in [0.15, 0.2) is 64.1 Å². The van der Waals surface area contributed by atoms with Crippen molar-refractivity contribution in [3.05, 3.63) is 82.6 Å². The first kappa shape index (κ1) is 20.8. The molecule has 3 aromatic rings. The first-order chi connectivity index (χ1) is 14.1. The highest BCUT2D eigenvalue weighted by Crippen LogP contribution is 2.29. The zero-order valence-electron chi connectivity index (χ0n) is 15.5. The molecule has 2 aromatic carbocycles. The predicted octanol–water partition coefficient (Wildman–Crippen LogP) is 4.74. The summed E-state index contributed by atoms with van der Waals surface area (Å²) in [5, 5.41) is 12.7. The molecule has 2 N–H and O–H groups in total. The molecule has 1 aromatic heterocycles. The Hall–Kier alpha value is -3.88. The van der Waals surface area contributed by atoms with Gasteiger partial charge in [0, 0.05) is 11.1 Å². The number of aromatic carboxylic acids is 1. The van der Waals surface area contributed by atoms with Gasteiger partial charge < -0.3 is 9.52 Å². The molecule has 0 aliphatic carbocycles. The van der Waals surface area contributed by atoms with E-state index in [-0.39, 0.29) is 16.9 Å². The number of rotatable bonds is 5. The summed E-state index contributed by atoms with van der Waals surface area (Å²) in [6.07, 6.45) is -3.35. The molecule has 1 heterocycles. The van der Waals surface area contributed by atoms with Crippen LogP contribution in [0, 0.1) is 6.92 Å². The zero-order chi connectivity index (χ0) is 21.9. The molecule has 30 heavy (non-hydrogen) atoms. The molecule has 0 fully saturated rings. The van der Waals surface area contributed by atoms with Crippen molar-refractivity contribution in [3.63, 3.8) is 0 Å². The maximum Gasteiger partial charge on any atom is 0.416 e. The fraction of sp³-hybridized carbons (Fsp3) is 0.0952. The summed E-state index contributed by atoms with van der Waals surface area (Å²) in [6, 6.07) is 11.8. The number of nitrogens with zero attached hydrogens (tertiary/aromatic N) is 1. The van der Waals surface area contributed by atoms with Gasteiger partial charge >= 0.3 is 12.1 Å². The van der Waals surface area contributed by atoms with Gasteiger partial charge in [-0.15, -0.1) is 0 Å². The van der Waals surface area contributed by atoms with Crippen molar-refractivity contribution in [1.29, 1.82) is 0 Å². The maximum absolute atomic E-state index is 12.7. The lowest BCUT2D eigenvalue weighted by Crippen LogP contribution is -2.18. The molecule has 0 aliphatic heterocycles. The molecular formula is C21H15F3N2O4. The summed E-state index contributed by atoms with van der Waals surface area (Å²) in [4.78, 5) is 23.0. The third-order valence-electron chi connectivity index (χ3n) is 4.18. The van der Waals surface area contributed by atoms with Crippen molar-refractivity contribution >= 4 is 18.1 Å². The van der Waals surface area contributed by atoms with Crippen LogP contribution < -0.4 is 5.43 Å². The fourth-order valence-electron chi connectivity index (χ4n) is 2.70. The van der Waals surface area contributed by atoms with E-state index >= 15 is 0 Å². The Morgan fingerprint density at radius 3 is 2.50 bits per heavy atom. The number of hydrogen-bond acceptors (Lipinski definition) is 4. The van der Waals surface area contributed by atoms with Crippen LogP contribution in [-0.2, 0) is 6.18 Å². The largest absolute Gasteiger partial charge is 0.478 e. The molecule has 3 rings (SSSR count). The Balaban J connectivity index is 1.69. The number of furan rings is 1. The van der Waals surface area contributed by atoms with Crippen molar-refractivity contribution in [2.75, 3.05) is 0 Å². The lowest BCUT2D eigenvalue weighted by atomic mass is 10.0. The van der Waals surface area contributed by atoms with E-state index in [0.717, 1.165) is 18.2 Å². The number of hydrogen-bond donors (Lipinski definition) is 2. The molecule has 0 aliphatic rings. The van der Waals surface area contributed by atoms with Crippen LogP contribution in [0.25, 0.3) is 11.3 Å². The molecule has 0 saturated carbocycles. The normalized spacial score (nSPS) is 11.6. The highest BCUT2D eigenvalue weighted by Gasteiger charge is 2.30. The number of alkyl halides is 3. The summed E-state index contributed by atoms with van der Waals surface area (Å²) in [7, 11) is 0. The first-order valence-electron chi connectivity index (χ1n) is 8.60. The van der Waals surface area contributed by atoms with Gasteiger partial charge in [0.05, 0.1) is 17.3 Å². The van der Waals surface area contributed by atoms with Crippen LogP contribution in [0.5, 0.6) is 0 Å². The molecule has 6 nitrogen and oxygen atoms in total. The summed E-state index contributed by atoms with van der Waals surface area (Å²) in [5.41, 5.74) is 2.57. The van der Waals surface area contributed by atoms with Crippen molar-refractivity contribution in [3.8, 4) is 11.3 Å². The number of aryl methyl sites for hydroxylation is 1. The Morgan fingerprint density at radius 1 is 1.07 bits per heavy atom. The second-order valence-electron chi connectivity index (χ2n) is 6.31. The number of benzene rings is 2. The lowest BCUT2D eigenvalue weighted by molar-refractivity contribution is -0.137. The molecule has 0 atom stereocenters. The number of carboxylic acid groups (broad SMARTS) is 1. The number of halogens is 3. The minimum Gasteiger partial charge on any atom is -0.478 e. The predicted molar refractivity (Wildman–Crippen MR) is 102 cm³/mol. The first-order valence-corrected chi connectivity index (χ1v) is 8.60. The van der Waals surface area contributed by atoms with Gasteiger partial charge in [-0.3, -0.25) is 4.79 Å². The van der Waals surface area contributed by atoms with Crippen molar-refractivity contribution < 1.29 is 32.3 Å².